The quantitative estimate of drug-likeness (QED) is 0.540. The van der Waals surface area contributed by atoms with E-state index in [0.29, 0.717) is 18.7 Å². The van der Waals surface area contributed by atoms with Crippen LogP contribution < -0.4 is 5.32 Å². The molecule has 1 N–H and O–H groups in total. The summed E-state index contributed by atoms with van der Waals surface area (Å²) in [4.78, 5) is 17.5. The van der Waals surface area contributed by atoms with Crippen LogP contribution in [0.1, 0.15) is 55.8 Å². The van der Waals surface area contributed by atoms with Gasteiger partial charge in [0.15, 0.2) is 0 Å². The van der Waals surface area contributed by atoms with Gasteiger partial charge in [0.05, 0.1) is 16.5 Å². The van der Waals surface area contributed by atoms with Gasteiger partial charge in [-0.2, -0.15) is 17.5 Å². The van der Waals surface area contributed by atoms with Crippen LogP contribution in [0.3, 0.4) is 0 Å². The van der Waals surface area contributed by atoms with Crippen molar-refractivity contribution in [2.45, 2.75) is 74.3 Å². The Morgan fingerprint density at radius 1 is 1.02 bits per heavy atom. The first kappa shape index (κ1) is 29.1. The molecule has 8 nitrogen and oxygen atoms in total. The van der Waals surface area contributed by atoms with E-state index in [1.54, 1.807) is 0 Å². The number of fused-ring (bicyclic) bond motifs is 1. The van der Waals surface area contributed by atoms with E-state index in [1.807, 2.05) is 22.9 Å². The van der Waals surface area contributed by atoms with Gasteiger partial charge >= 0.3 is 6.18 Å². The molecule has 1 aliphatic carbocycles. The maximum Gasteiger partial charge on any atom is 0.416 e. The first-order valence-electron chi connectivity index (χ1n) is 14.1. The number of likely N-dealkylation sites (N-methyl/N-ethyl adjacent to an activating group) is 1. The zero-order valence-electron chi connectivity index (χ0n) is 22.8. The van der Waals surface area contributed by atoms with Gasteiger partial charge in [0.1, 0.15) is 0 Å². The first-order chi connectivity index (χ1) is 19.0. The summed E-state index contributed by atoms with van der Waals surface area (Å²) in [5.41, 5.74) is -0.269. The van der Waals surface area contributed by atoms with E-state index < -0.39 is 32.7 Å². The molecule has 2 fully saturated rings. The predicted molar refractivity (Wildman–Crippen MR) is 145 cm³/mol. The van der Waals surface area contributed by atoms with Crippen molar-refractivity contribution in [3.63, 3.8) is 0 Å². The number of nitrogens with one attached hydrogen (secondary N) is 1. The van der Waals surface area contributed by atoms with Crippen molar-refractivity contribution < 1.29 is 26.4 Å². The molecule has 5 rings (SSSR count). The van der Waals surface area contributed by atoms with Crippen molar-refractivity contribution >= 4 is 15.9 Å². The van der Waals surface area contributed by atoms with Gasteiger partial charge in [-0.05, 0) is 69.5 Å². The molecule has 1 unspecified atom stereocenters. The monoisotopic (exact) mass is 581 g/mol. The van der Waals surface area contributed by atoms with E-state index in [2.05, 4.69) is 22.2 Å². The van der Waals surface area contributed by atoms with Gasteiger partial charge in [0.25, 0.3) is 0 Å². The van der Waals surface area contributed by atoms with Gasteiger partial charge in [-0.25, -0.2) is 8.42 Å². The molecule has 2 aromatic rings. The highest BCUT2D eigenvalue weighted by Gasteiger charge is 2.39. The first-order valence-corrected chi connectivity index (χ1v) is 15.5. The van der Waals surface area contributed by atoms with Gasteiger partial charge < -0.3 is 14.8 Å². The van der Waals surface area contributed by atoms with Crippen molar-refractivity contribution in [1.29, 1.82) is 0 Å². The smallest absolute Gasteiger partial charge is 0.353 e. The van der Waals surface area contributed by atoms with E-state index in [1.165, 1.54) is 10.4 Å². The summed E-state index contributed by atoms with van der Waals surface area (Å²) in [5.74, 6) is -0.121. The Labute approximate surface area is 234 Å². The predicted octanol–water partition coefficient (Wildman–Crippen LogP) is 3.71. The van der Waals surface area contributed by atoms with Crippen molar-refractivity contribution in [1.82, 2.24) is 24.0 Å². The van der Waals surface area contributed by atoms with Crippen LogP contribution in [0.4, 0.5) is 13.2 Å². The lowest BCUT2D eigenvalue weighted by molar-refractivity contribution is -0.137. The number of carbonyl (C=O) groups is 1. The zero-order chi connectivity index (χ0) is 28.5. The summed E-state index contributed by atoms with van der Waals surface area (Å²) < 4.78 is 70.4. The largest absolute Gasteiger partial charge is 0.416 e. The van der Waals surface area contributed by atoms with Gasteiger partial charge in [0.2, 0.25) is 15.9 Å². The molecular weight excluding hydrogens is 543 g/mol. The van der Waals surface area contributed by atoms with Gasteiger partial charge in [-0.15, -0.1) is 0 Å². The highest BCUT2D eigenvalue weighted by Crippen LogP contribution is 2.37. The van der Waals surface area contributed by atoms with Crippen LogP contribution in [0.25, 0.3) is 0 Å². The molecule has 1 aromatic heterocycles. The molecule has 1 aromatic carbocycles. The summed E-state index contributed by atoms with van der Waals surface area (Å²) in [6, 6.07) is 7.40. The second-order valence-electron chi connectivity index (χ2n) is 11.2. The lowest BCUT2D eigenvalue weighted by Crippen LogP contribution is -2.52. The zero-order valence-corrected chi connectivity index (χ0v) is 23.6. The van der Waals surface area contributed by atoms with Crippen LogP contribution in [0.2, 0.25) is 0 Å². The summed E-state index contributed by atoms with van der Waals surface area (Å²) in [6.45, 7) is 4.69. The molecule has 3 aliphatic rings. The third-order valence-corrected chi connectivity index (χ3v) is 10.5. The second-order valence-corrected chi connectivity index (χ2v) is 13.1. The number of amides is 1. The highest BCUT2D eigenvalue weighted by molar-refractivity contribution is 7.89. The highest BCUT2D eigenvalue weighted by atomic mass is 32.2. The number of benzene rings is 1. The van der Waals surface area contributed by atoms with E-state index >= 15 is 0 Å². The van der Waals surface area contributed by atoms with E-state index in [0.717, 1.165) is 69.7 Å². The number of hydrogen-bond donors (Lipinski definition) is 1. The number of carbonyl (C=O) groups excluding carboxylic acids is 1. The fourth-order valence-electron chi connectivity index (χ4n) is 6.37. The Morgan fingerprint density at radius 2 is 1.80 bits per heavy atom. The Bertz CT molecular complexity index is 1290. The van der Waals surface area contributed by atoms with Crippen LogP contribution in [0.15, 0.2) is 47.5 Å². The van der Waals surface area contributed by atoms with Crippen LogP contribution in [0, 0.1) is 0 Å². The molecule has 12 heteroatoms. The fourth-order valence-corrected chi connectivity index (χ4v) is 8.04. The lowest BCUT2D eigenvalue weighted by Gasteiger charge is -2.41. The van der Waals surface area contributed by atoms with Crippen LogP contribution in [0.5, 0.6) is 0 Å². The molecule has 2 aliphatic heterocycles. The molecule has 0 radical (unpaired) electrons. The summed E-state index contributed by atoms with van der Waals surface area (Å²) in [5, 5.41) is 3.19. The Hall–Kier alpha value is -2.41. The minimum absolute atomic E-state index is 0.0890. The number of aromatic nitrogens is 1. The molecule has 0 bridgehead atoms. The van der Waals surface area contributed by atoms with E-state index in [9.17, 15) is 26.4 Å². The summed E-state index contributed by atoms with van der Waals surface area (Å²) >= 11 is 0. The molecule has 1 saturated carbocycles. The molecule has 40 heavy (non-hydrogen) atoms. The molecule has 3 atom stereocenters. The van der Waals surface area contributed by atoms with E-state index in [-0.39, 0.29) is 31.3 Å². The second kappa shape index (κ2) is 11.8. The van der Waals surface area contributed by atoms with Crippen LogP contribution in [-0.2, 0) is 27.5 Å². The summed E-state index contributed by atoms with van der Waals surface area (Å²) in [7, 11) is -2.10. The molecule has 1 saturated heterocycles. The van der Waals surface area contributed by atoms with Gasteiger partial charge in [0, 0.05) is 69.7 Å². The minimum atomic E-state index is -4.65. The average Bonchev–Trinajstić information content (AvgIpc) is 3.41. The number of alkyl halides is 3. The fraction of sp³-hybridized carbons (Fsp3) is 0.607. The lowest BCUT2D eigenvalue weighted by atomic mass is 9.89. The SMILES string of the molecule is CN1CCN([C@@H]2CCC[C@H](NC(=O)CCC3c4cccn4CCN3S(=O)(=O)c3cccc(C(F)(F)F)c3)C2)CC1. The minimum Gasteiger partial charge on any atom is -0.353 e. The van der Waals surface area contributed by atoms with Crippen LogP contribution in [-0.4, -0.2) is 84.9 Å². The Morgan fingerprint density at radius 3 is 2.55 bits per heavy atom. The van der Waals surface area contributed by atoms with Gasteiger partial charge in [-0.3, -0.25) is 9.69 Å². The molecule has 0 spiro atoms. The van der Waals surface area contributed by atoms with Crippen molar-refractivity contribution in [2.75, 3.05) is 39.8 Å². The van der Waals surface area contributed by atoms with Crippen molar-refractivity contribution in [3.8, 4) is 0 Å². The normalized spacial score (nSPS) is 25.4. The topological polar surface area (TPSA) is 77.9 Å². The third-order valence-electron chi connectivity index (χ3n) is 8.59. The van der Waals surface area contributed by atoms with Crippen molar-refractivity contribution in [2.24, 2.45) is 0 Å². The number of nitrogens with zero attached hydrogens (tertiary/aromatic N) is 4. The van der Waals surface area contributed by atoms with E-state index in [4.69, 9.17) is 0 Å². The van der Waals surface area contributed by atoms with Gasteiger partial charge in [-0.1, -0.05) is 6.07 Å². The molecule has 1 amide bonds. The maximum atomic E-state index is 13.6. The average molecular weight is 582 g/mol. The Balaban J connectivity index is 1.26. The number of sulfonamides is 1. The molecular formula is C28H38F3N5O3S. The molecule has 3 heterocycles. The van der Waals surface area contributed by atoms with Crippen LogP contribution >= 0.6 is 0 Å². The molecule has 220 valence electrons. The maximum absolute atomic E-state index is 13.6. The number of halogens is 3. The third kappa shape index (κ3) is 6.40. The number of piperazine rings is 1. The summed E-state index contributed by atoms with van der Waals surface area (Å²) in [6.07, 6.45) is 1.61. The van der Waals surface area contributed by atoms with Crippen molar-refractivity contribution in [3.05, 3.63) is 53.9 Å². The number of rotatable bonds is 7. The standard InChI is InChI=1S/C28H38F3N5O3S/c1-33-13-15-34(16-14-33)23-7-3-6-22(20-23)32-27(37)11-10-26-25-9-4-12-35(25)17-18-36(26)40(38,39)24-8-2-5-21(19-24)28(29,30)31/h2,4-5,8-9,12,19,22-23,26H,3,6-7,10-11,13-18,20H2,1H3,(H,32,37)/t22-,23+,26?/m0/s1. The number of hydrogen-bond acceptors (Lipinski definition) is 5. The Kier molecular flexibility index (Phi) is 8.61.